The number of benzene rings is 1. The quantitative estimate of drug-likeness (QED) is 0.817. The van der Waals surface area contributed by atoms with Gasteiger partial charge in [-0.1, -0.05) is 32.0 Å². The number of nitrogens with one attached hydrogen (secondary N) is 1. The van der Waals surface area contributed by atoms with Crippen molar-refractivity contribution in [1.82, 2.24) is 15.0 Å². The lowest BCUT2D eigenvalue weighted by Crippen LogP contribution is -2.28. The lowest BCUT2D eigenvalue weighted by molar-refractivity contribution is 0.291. The molecule has 1 aromatic carbocycles. The highest BCUT2D eigenvalue weighted by Gasteiger charge is 2.11. The number of para-hydroxylation sites is 1. The average molecular weight is 301 g/mol. The number of nitrogens with two attached hydrogens (primary N) is 1. The summed E-state index contributed by atoms with van der Waals surface area (Å²) in [6, 6.07) is 8.19. The minimum absolute atomic E-state index is 0.103. The van der Waals surface area contributed by atoms with Gasteiger partial charge in [-0.05, 0) is 31.4 Å². The molecule has 6 heteroatoms. The van der Waals surface area contributed by atoms with Crippen LogP contribution in [0.3, 0.4) is 0 Å². The molecule has 22 heavy (non-hydrogen) atoms. The normalized spacial score (nSPS) is 12.0. The van der Waals surface area contributed by atoms with Crippen molar-refractivity contribution in [2.24, 2.45) is 0 Å². The van der Waals surface area contributed by atoms with Crippen molar-refractivity contribution in [2.75, 3.05) is 17.7 Å². The number of anilines is 2. The van der Waals surface area contributed by atoms with Crippen LogP contribution in [-0.2, 0) is 6.42 Å². The number of hydrogen-bond acceptors (Lipinski definition) is 6. The zero-order valence-corrected chi connectivity index (χ0v) is 13.3. The Hall–Kier alpha value is -2.37. The lowest BCUT2D eigenvalue weighted by Gasteiger charge is -2.19. The first-order valence-corrected chi connectivity index (χ1v) is 7.57. The maximum absolute atomic E-state index is 5.95. The van der Waals surface area contributed by atoms with E-state index in [4.69, 9.17) is 10.5 Å². The SMILES string of the molecule is CCc1ccccc1OCC(CC)Nc1nc(C)nc(N)n1. The van der Waals surface area contributed by atoms with E-state index in [2.05, 4.69) is 40.2 Å². The molecule has 3 N–H and O–H groups in total. The second kappa shape index (κ2) is 7.59. The molecule has 1 atom stereocenters. The Morgan fingerprint density at radius 1 is 1.18 bits per heavy atom. The van der Waals surface area contributed by atoms with Gasteiger partial charge in [0.1, 0.15) is 18.2 Å². The molecule has 0 bridgehead atoms. The van der Waals surface area contributed by atoms with E-state index in [0.717, 1.165) is 18.6 Å². The van der Waals surface area contributed by atoms with Crippen molar-refractivity contribution in [2.45, 2.75) is 39.7 Å². The molecule has 1 aromatic heterocycles. The highest BCUT2D eigenvalue weighted by atomic mass is 16.5. The predicted molar refractivity (Wildman–Crippen MR) is 88.0 cm³/mol. The molecule has 0 spiro atoms. The number of aromatic nitrogens is 3. The third-order valence-electron chi connectivity index (χ3n) is 3.38. The summed E-state index contributed by atoms with van der Waals surface area (Å²) in [5.74, 6) is 2.24. The smallest absolute Gasteiger partial charge is 0.228 e. The van der Waals surface area contributed by atoms with Crippen LogP contribution in [0, 0.1) is 6.92 Å². The predicted octanol–water partition coefficient (Wildman–Crippen LogP) is 2.59. The van der Waals surface area contributed by atoms with E-state index >= 15 is 0 Å². The summed E-state index contributed by atoms with van der Waals surface area (Å²) in [6.45, 7) is 6.54. The third-order valence-corrected chi connectivity index (χ3v) is 3.38. The largest absolute Gasteiger partial charge is 0.491 e. The number of aryl methyl sites for hydroxylation is 2. The van der Waals surface area contributed by atoms with E-state index in [-0.39, 0.29) is 12.0 Å². The van der Waals surface area contributed by atoms with Crippen LogP contribution in [0.2, 0.25) is 0 Å². The molecule has 0 aliphatic rings. The molecule has 2 rings (SSSR count). The maximum Gasteiger partial charge on any atom is 0.228 e. The van der Waals surface area contributed by atoms with Crippen LogP contribution in [0.1, 0.15) is 31.7 Å². The number of hydrogen-bond donors (Lipinski definition) is 2. The molecule has 0 aliphatic carbocycles. The molecular formula is C16H23N5O. The molecule has 6 nitrogen and oxygen atoms in total. The Bertz CT molecular complexity index is 597. The fourth-order valence-electron chi connectivity index (χ4n) is 2.14. The van der Waals surface area contributed by atoms with E-state index < -0.39 is 0 Å². The second-order valence-electron chi connectivity index (χ2n) is 5.09. The summed E-state index contributed by atoms with van der Waals surface area (Å²) in [5.41, 5.74) is 6.85. The van der Waals surface area contributed by atoms with E-state index in [1.165, 1.54) is 5.56 Å². The van der Waals surface area contributed by atoms with Gasteiger partial charge in [-0.3, -0.25) is 0 Å². The molecule has 0 amide bonds. The van der Waals surface area contributed by atoms with Crippen molar-refractivity contribution in [1.29, 1.82) is 0 Å². The van der Waals surface area contributed by atoms with E-state index in [9.17, 15) is 0 Å². The van der Waals surface area contributed by atoms with Crippen LogP contribution in [-0.4, -0.2) is 27.6 Å². The van der Waals surface area contributed by atoms with Gasteiger partial charge in [0.15, 0.2) is 0 Å². The zero-order chi connectivity index (χ0) is 15.9. The topological polar surface area (TPSA) is 86.0 Å². The van der Waals surface area contributed by atoms with Gasteiger partial charge in [-0.25, -0.2) is 0 Å². The van der Waals surface area contributed by atoms with Crippen molar-refractivity contribution in [3.63, 3.8) is 0 Å². The van der Waals surface area contributed by atoms with Crippen LogP contribution in [0.4, 0.5) is 11.9 Å². The molecule has 1 unspecified atom stereocenters. The first-order valence-electron chi connectivity index (χ1n) is 7.57. The average Bonchev–Trinajstić information content (AvgIpc) is 2.50. The van der Waals surface area contributed by atoms with Crippen LogP contribution < -0.4 is 15.8 Å². The zero-order valence-electron chi connectivity index (χ0n) is 13.3. The standard InChI is InChI=1S/C16H23N5O/c1-4-12-8-6-7-9-14(12)22-10-13(5-2)20-16-19-11(3)18-15(17)21-16/h6-9,13H,4-5,10H2,1-3H3,(H3,17,18,19,20,21). The van der Waals surface area contributed by atoms with Crippen molar-refractivity contribution < 1.29 is 4.74 Å². The summed E-state index contributed by atoms with van der Waals surface area (Å²) in [7, 11) is 0. The Labute approximate surface area is 131 Å². The summed E-state index contributed by atoms with van der Waals surface area (Å²) in [5, 5.41) is 3.25. The monoisotopic (exact) mass is 301 g/mol. The number of ether oxygens (including phenoxy) is 1. The van der Waals surface area contributed by atoms with E-state index in [1.807, 2.05) is 18.2 Å². The highest BCUT2D eigenvalue weighted by Crippen LogP contribution is 2.19. The fraction of sp³-hybridized carbons (Fsp3) is 0.438. The third kappa shape index (κ3) is 4.31. The van der Waals surface area contributed by atoms with E-state index in [1.54, 1.807) is 6.92 Å². The van der Waals surface area contributed by atoms with Crippen molar-refractivity contribution in [3.8, 4) is 5.75 Å². The lowest BCUT2D eigenvalue weighted by atomic mass is 10.1. The molecule has 0 fully saturated rings. The van der Waals surface area contributed by atoms with Crippen molar-refractivity contribution in [3.05, 3.63) is 35.7 Å². The molecule has 1 heterocycles. The van der Waals surface area contributed by atoms with Crippen LogP contribution in [0.5, 0.6) is 5.75 Å². The van der Waals surface area contributed by atoms with Crippen LogP contribution in [0.25, 0.3) is 0 Å². The molecule has 0 saturated heterocycles. The summed E-state index contributed by atoms with van der Waals surface area (Å²) in [6.07, 6.45) is 1.84. The molecular weight excluding hydrogens is 278 g/mol. The Morgan fingerprint density at radius 2 is 1.95 bits per heavy atom. The summed E-state index contributed by atoms with van der Waals surface area (Å²) < 4.78 is 5.95. The molecule has 0 radical (unpaired) electrons. The Morgan fingerprint density at radius 3 is 2.64 bits per heavy atom. The second-order valence-corrected chi connectivity index (χ2v) is 5.09. The Balaban J connectivity index is 2.00. The summed E-state index contributed by atoms with van der Waals surface area (Å²) in [4.78, 5) is 12.3. The van der Waals surface area contributed by atoms with Crippen LogP contribution in [0.15, 0.2) is 24.3 Å². The minimum Gasteiger partial charge on any atom is -0.491 e. The molecule has 0 saturated carbocycles. The number of nitrogen functional groups attached to an aromatic ring is 1. The van der Waals surface area contributed by atoms with Gasteiger partial charge in [-0.15, -0.1) is 0 Å². The number of nitrogens with zero attached hydrogens (tertiary/aromatic N) is 3. The van der Waals surface area contributed by atoms with Gasteiger partial charge in [0, 0.05) is 0 Å². The Kier molecular flexibility index (Phi) is 5.52. The maximum atomic E-state index is 5.95. The first kappa shape index (κ1) is 16.0. The molecule has 2 aromatic rings. The summed E-state index contributed by atoms with van der Waals surface area (Å²) >= 11 is 0. The van der Waals surface area contributed by atoms with Gasteiger partial charge in [0.05, 0.1) is 6.04 Å². The first-order chi connectivity index (χ1) is 10.6. The minimum atomic E-state index is 0.103. The van der Waals surface area contributed by atoms with Gasteiger partial charge >= 0.3 is 0 Å². The fourth-order valence-corrected chi connectivity index (χ4v) is 2.14. The number of rotatable bonds is 7. The van der Waals surface area contributed by atoms with E-state index in [0.29, 0.717) is 18.4 Å². The highest BCUT2D eigenvalue weighted by molar-refractivity contribution is 5.34. The van der Waals surface area contributed by atoms with Gasteiger partial charge in [0.25, 0.3) is 0 Å². The van der Waals surface area contributed by atoms with Gasteiger partial charge < -0.3 is 15.8 Å². The molecule has 0 aliphatic heterocycles. The van der Waals surface area contributed by atoms with Gasteiger partial charge in [0.2, 0.25) is 11.9 Å². The molecule has 118 valence electrons. The van der Waals surface area contributed by atoms with Crippen LogP contribution >= 0.6 is 0 Å². The van der Waals surface area contributed by atoms with Gasteiger partial charge in [-0.2, -0.15) is 15.0 Å². The van der Waals surface area contributed by atoms with Crippen molar-refractivity contribution >= 4 is 11.9 Å².